The van der Waals surface area contributed by atoms with Crippen LogP contribution in [0.2, 0.25) is 0 Å². The molecule has 0 aliphatic heterocycles. The predicted molar refractivity (Wildman–Crippen MR) is 354 cm³/mol. The molecule has 0 spiro atoms. The van der Waals surface area contributed by atoms with E-state index in [1.165, 1.54) is 167 Å². The molecule has 0 aromatic heterocycles. The van der Waals surface area contributed by atoms with Gasteiger partial charge in [-0.3, -0.25) is 37.3 Å². The van der Waals surface area contributed by atoms with Crippen molar-refractivity contribution in [1.29, 1.82) is 0 Å². The number of unbranched alkanes of at least 4 members (excludes halogenated alkanes) is 37. The van der Waals surface area contributed by atoms with Gasteiger partial charge in [0.25, 0.3) is 0 Å². The van der Waals surface area contributed by atoms with E-state index in [4.69, 9.17) is 37.0 Å². The molecule has 17 nitrogen and oxygen atoms in total. The third-order valence-corrected chi connectivity index (χ3v) is 18.2. The molecule has 0 radical (unpaired) electrons. The number of aliphatic hydroxyl groups excluding tert-OH is 1. The topological polar surface area (TPSA) is 237 Å². The van der Waals surface area contributed by atoms with E-state index in [0.29, 0.717) is 25.7 Å². The van der Waals surface area contributed by atoms with Crippen LogP contribution in [0.25, 0.3) is 0 Å². The molecule has 0 saturated carbocycles. The van der Waals surface area contributed by atoms with Crippen molar-refractivity contribution in [2.75, 3.05) is 39.6 Å². The van der Waals surface area contributed by atoms with Gasteiger partial charge in [0.15, 0.2) is 12.2 Å². The van der Waals surface area contributed by atoms with Crippen molar-refractivity contribution in [3.8, 4) is 0 Å². The average molecular weight is 1300 g/mol. The zero-order valence-electron chi connectivity index (χ0n) is 57.0. The molecule has 0 aromatic carbocycles. The molecular weight excluding hydrogens is 1160 g/mol. The number of esters is 4. The molecule has 0 bridgehead atoms. The third-order valence-electron chi connectivity index (χ3n) is 16.3. The fourth-order valence-electron chi connectivity index (χ4n) is 10.4. The van der Waals surface area contributed by atoms with Crippen LogP contribution in [-0.4, -0.2) is 96.7 Å². The smallest absolute Gasteiger partial charge is 0.462 e. The van der Waals surface area contributed by atoms with Crippen molar-refractivity contribution in [2.45, 2.75) is 368 Å². The lowest BCUT2D eigenvalue weighted by Gasteiger charge is -2.21. The van der Waals surface area contributed by atoms with Crippen molar-refractivity contribution in [3.63, 3.8) is 0 Å². The number of rotatable bonds is 68. The molecule has 0 aliphatic rings. The minimum absolute atomic E-state index is 0.103. The van der Waals surface area contributed by atoms with E-state index in [1.807, 2.05) is 0 Å². The highest BCUT2D eigenvalue weighted by Crippen LogP contribution is 2.45. The van der Waals surface area contributed by atoms with E-state index in [2.05, 4.69) is 41.5 Å². The highest BCUT2D eigenvalue weighted by Gasteiger charge is 2.30. The van der Waals surface area contributed by atoms with Crippen LogP contribution in [0, 0.1) is 11.8 Å². The van der Waals surface area contributed by atoms with Gasteiger partial charge >= 0.3 is 39.5 Å². The van der Waals surface area contributed by atoms with Crippen molar-refractivity contribution >= 4 is 39.5 Å². The molecular formula is C69H134O17P2. The Morgan fingerprint density at radius 3 is 0.864 bits per heavy atom. The summed E-state index contributed by atoms with van der Waals surface area (Å²) in [6.45, 7) is 9.46. The Bertz CT molecular complexity index is 1720. The van der Waals surface area contributed by atoms with Crippen LogP contribution in [0.15, 0.2) is 0 Å². The highest BCUT2D eigenvalue weighted by molar-refractivity contribution is 7.47. The Hall–Kier alpha value is -1.94. The maximum absolute atomic E-state index is 13.0. The molecule has 522 valence electrons. The fraction of sp³-hybridized carbons (Fsp3) is 0.942. The summed E-state index contributed by atoms with van der Waals surface area (Å²) < 4.78 is 68.2. The van der Waals surface area contributed by atoms with Gasteiger partial charge in [-0.15, -0.1) is 0 Å². The first-order chi connectivity index (χ1) is 42.4. The van der Waals surface area contributed by atoms with Gasteiger partial charge in [-0.05, 0) is 37.5 Å². The number of carbonyl (C=O) groups excluding carboxylic acids is 4. The first-order valence-corrected chi connectivity index (χ1v) is 39.0. The second-order valence-corrected chi connectivity index (χ2v) is 28.5. The summed E-state index contributed by atoms with van der Waals surface area (Å²) in [5, 5.41) is 10.6. The van der Waals surface area contributed by atoms with E-state index in [0.717, 1.165) is 102 Å². The van der Waals surface area contributed by atoms with E-state index in [9.17, 15) is 43.2 Å². The minimum Gasteiger partial charge on any atom is -0.462 e. The Labute approximate surface area is 537 Å². The molecule has 0 amide bonds. The van der Waals surface area contributed by atoms with Gasteiger partial charge in [-0.1, -0.05) is 298 Å². The molecule has 3 N–H and O–H groups in total. The van der Waals surface area contributed by atoms with Gasteiger partial charge in [0.1, 0.15) is 19.3 Å². The van der Waals surface area contributed by atoms with Crippen LogP contribution in [0.3, 0.4) is 0 Å². The van der Waals surface area contributed by atoms with Crippen LogP contribution in [-0.2, 0) is 65.4 Å². The second kappa shape index (κ2) is 61.3. The summed E-state index contributed by atoms with van der Waals surface area (Å²) in [5.41, 5.74) is 0. The molecule has 0 heterocycles. The maximum atomic E-state index is 13.0. The fourth-order valence-corrected chi connectivity index (χ4v) is 12.0. The molecule has 0 fully saturated rings. The van der Waals surface area contributed by atoms with E-state index < -0.39 is 97.5 Å². The summed E-state index contributed by atoms with van der Waals surface area (Å²) in [6.07, 6.45) is 45.9. The standard InChI is InChI=1S/C69H134O17P2/c1-7-10-12-14-16-18-19-20-21-22-23-24-25-29-34-41-47-53-68(73)85-64(57-80-67(72)52-46-40-33-30-26-28-31-37-43-49-61(4)5)59-83-87(75,76)81-55-63(70)56-82-88(77,78)84-60-65(58-79-66(71)51-45-39-32-27-17-15-13-11-8-2)86-69(74)54-48-42-36-35-38-44-50-62(6)9-3/h61-65,70H,7-60H2,1-6H3,(H,75,76)(H,77,78)/t62?,63-,64-,65-/m1/s1. The van der Waals surface area contributed by atoms with E-state index >= 15 is 0 Å². The Morgan fingerprint density at radius 2 is 0.580 bits per heavy atom. The Morgan fingerprint density at radius 1 is 0.330 bits per heavy atom. The minimum atomic E-state index is -4.95. The molecule has 0 aromatic rings. The summed E-state index contributed by atoms with van der Waals surface area (Å²) in [5.74, 6) is -0.665. The van der Waals surface area contributed by atoms with Crippen molar-refractivity contribution in [3.05, 3.63) is 0 Å². The van der Waals surface area contributed by atoms with Crippen LogP contribution in [0.4, 0.5) is 0 Å². The zero-order chi connectivity index (χ0) is 65.0. The highest BCUT2D eigenvalue weighted by atomic mass is 31.2. The third kappa shape index (κ3) is 61.6. The molecule has 3 unspecified atom stereocenters. The van der Waals surface area contributed by atoms with Gasteiger partial charge in [0, 0.05) is 25.7 Å². The number of hydrogen-bond acceptors (Lipinski definition) is 15. The molecule has 19 heteroatoms. The van der Waals surface area contributed by atoms with Gasteiger partial charge < -0.3 is 33.8 Å². The van der Waals surface area contributed by atoms with E-state index in [1.54, 1.807) is 0 Å². The largest absolute Gasteiger partial charge is 0.472 e. The molecule has 0 aliphatic carbocycles. The number of aliphatic hydroxyl groups is 1. The summed E-state index contributed by atoms with van der Waals surface area (Å²) in [6, 6.07) is 0. The SMILES string of the molecule is CCCCCCCCCCCCCCCCCCCC(=O)O[C@H](COC(=O)CCCCCCCCCCCC(C)C)COP(=O)(O)OC[C@@H](O)COP(=O)(O)OC[C@@H](COC(=O)CCCCCCCCCCC)OC(=O)CCCCCCCCC(C)CC. The van der Waals surface area contributed by atoms with Gasteiger partial charge in [-0.25, -0.2) is 9.13 Å². The Kier molecular flexibility index (Phi) is 59.9. The van der Waals surface area contributed by atoms with Gasteiger partial charge in [-0.2, -0.15) is 0 Å². The molecule has 88 heavy (non-hydrogen) atoms. The number of carbonyl (C=O) groups is 4. The van der Waals surface area contributed by atoms with Gasteiger partial charge in [0.2, 0.25) is 0 Å². The quantitative estimate of drug-likeness (QED) is 0.0222. The van der Waals surface area contributed by atoms with E-state index in [-0.39, 0.29) is 25.7 Å². The number of hydrogen-bond donors (Lipinski definition) is 3. The summed E-state index contributed by atoms with van der Waals surface area (Å²) >= 11 is 0. The zero-order valence-corrected chi connectivity index (χ0v) is 58.8. The predicted octanol–water partition coefficient (Wildman–Crippen LogP) is 19.6. The first-order valence-electron chi connectivity index (χ1n) is 36.0. The van der Waals surface area contributed by atoms with Gasteiger partial charge in [0.05, 0.1) is 26.4 Å². The molecule has 0 saturated heterocycles. The van der Waals surface area contributed by atoms with Crippen LogP contribution in [0.1, 0.15) is 350 Å². The first kappa shape index (κ1) is 86.1. The lowest BCUT2D eigenvalue weighted by Crippen LogP contribution is -2.30. The van der Waals surface area contributed by atoms with Crippen LogP contribution in [0.5, 0.6) is 0 Å². The Balaban J connectivity index is 5.22. The van der Waals surface area contributed by atoms with Crippen molar-refractivity contribution < 1.29 is 80.2 Å². The number of ether oxygens (including phenoxy) is 4. The average Bonchev–Trinajstić information content (AvgIpc) is 3.62. The number of phosphoric acid groups is 2. The number of phosphoric ester groups is 2. The normalized spacial score (nSPS) is 14.5. The van der Waals surface area contributed by atoms with Crippen LogP contribution >= 0.6 is 15.6 Å². The van der Waals surface area contributed by atoms with Crippen molar-refractivity contribution in [2.24, 2.45) is 11.8 Å². The molecule has 0 rings (SSSR count). The monoisotopic (exact) mass is 1300 g/mol. The molecule has 6 atom stereocenters. The lowest BCUT2D eigenvalue weighted by atomic mass is 10.00. The lowest BCUT2D eigenvalue weighted by molar-refractivity contribution is -0.161. The maximum Gasteiger partial charge on any atom is 0.472 e. The second-order valence-electron chi connectivity index (χ2n) is 25.6. The summed E-state index contributed by atoms with van der Waals surface area (Å²) in [4.78, 5) is 72.4. The van der Waals surface area contributed by atoms with Crippen LogP contribution < -0.4 is 0 Å². The summed E-state index contributed by atoms with van der Waals surface area (Å²) in [7, 11) is -9.90. The van der Waals surface area contributed by atoms with Crippen molar-refractivity contribution in [1.82, 2.24) is 0 Å².